The third-order valence-electron chi connectivity index (χ3n) is 6.09. The highest BCUT2D eigenvalue weighted by Gasteiger charge is 2.21. The normalized spacial score (nSPS) is 11.2. The van der Waals surface area contributed by atoms with Crippen LogP contribution in [0.15, 0.2) is 108 Å². The Morgan fingerprint density at radius 3 is 2.14 bits per heavy atom. The van der Waals surface area contributed by atoms with Crippen LogP contribution in [0.3, 0.4) is 0 Å². The van der Waals surface area contributed by atoms with E-state index in [1.54, 1.807) is 34.6 Å². The minimum atomic E-state index is -0.205. The molecule has 174 valence electrons. The zero-order chi connectivity index (χ0) is 24.6. The summed E-state index contributed by atoms with van der Waals surface area (Å²) in [5.74, 6) is 0.521. The summed E-state index contributed by atoms with van der Waals surface area (Å²) in [4.78, 5) is 23.5. The van der Waals surface area contributed by atoms with E-state index in [4.69, 9.17) is 16.6 Å². The second kappa shape index (κ2) is 8.91. The van der Waals surface area contributed by atoms with Crippen molar-refractivity contribution in [3.8, 4) is 39.6 Å². The first-order chi connectivity index (χ1) is 17.6. The van der Waals surface area contributed by atoms with Gasteiger partial charge in [0, 0.05) is 35.0 Å². The first-order valence-electron chi connectivity index (χ1n) is 11.4. The molecule has 0 bridgehead atoms. The molecule has 0 unspecified atom stereocenters. The van der Waals surface area contributed by atoms with Crippen LogP contribution < -0.4 is 5.56 Å². The molecule has 0 aliphatic rings. The van der Waals surface area contributed by atoms with Crippen molar-refractivity contribution in [1.29, 1.82) is 0 Å². The summed E-state index contributed by atoms with van der Waals surface area (Å²) in [6, 6.07) is 30.6. The van der Waals surface area contributed by atoms with Crippen LogP contribution in [-0.4, -0.2) is 24.3 Å². The first-order valence-corrected chi connectivity index (χ1v) is 11.8. The maximum atomic E-state index is 14.0. The van der Waals surface area contributed by atoms with Gasteiger partial charge in [-0.05, 0) is 36.4 Å². The van der Waals surface area contributed by atoms with E-state index < -0.39 is 0 Å². The van der Waals surface area contributed by atoms with E-state index in [1.807, 2.05) is 84.9 Å². The van der Waals surface area contributed by atoms with Crippen LogP contribution in [-0.2, 0) is 7.05 Å². The van der Waals surface area contributed by atoms with Crippen LogP contribution in [0.1, 0.15) is 0 Å². The molecule has 7 heteroatoms. The van der Waals surface area contributed by atoms with Crippen LogP contribution in [0, 0.1) is 0 Å². The Balaban J connectivity index is 1.62. The Hall–Kier alpha value is -4.55. The number of pyridine rings is 1. The molecule has 0 amide bonds. The molecule has 0 radical (unpaired) electrons. The molecule has 0 saturated heterocycles. The lowest BCUT2D eigenvalue weighted by molar-refractivity contribution is 0.790. The Bertz CT molecular complexity index is 1740. The summed E-state index contributed by atoms with van der Waals surface area (Å²) in [6.07, 6.45) is 1.77. The summed E-state index contributed by atoms with van der Waals surface area (Å²) < 4.78 is 3.22. The van der Waals surface area contributed by atoms with E-state index in [1.165, 1.54) is 0 Å². The molecule has 6 rings (SSSR count). The second-order valence-corrected chi connectivity index (χ2v) is 8.82. The molecule has 0 aliphatic heterocycles. The largest absolute Gasteiger partial charge is 0.284 e. The lowest BCUT2D eigenvalue weighted by Crippen LogP contribution is -2.23. The number of fused-ring (bicyclic) bond motifs is 1. The lowest BCUT2D eigenvalue weighted by Gasteiger charge is -2.14. The Morgan fingerprint density at radius 2 is 1.44 bits per heavy atom. The molecule has 0 saturated carbocycles. The van der Waals surface area contributed by atoms with E-state index in [0.717, 1.165) is 22.4 Å². The molecule has 36 heavy (non-hydrogen) atoms. The Labute approximate surface area is 212 Å². The number of aromatic nitrogens is 5. The average Bonchev–Trinajstić information content (AvgIpc) is 3.27. The van der Waals surface area contributed by atoms with Crippen molar-refractivity contribution in [2.24, 2.45) is 7.05 Å². The highest BCUT2D eigenvalue weighted by molar-refractivity contribution is 6.30. The summed E-state index contributed by atoms with van der Waals surface area (Å²) >= 11 is 6.14. The summed E-state index contributed by atoms with van der Waals surface area (Å²) in [5, 5.41) is 5.26. The molecule has 3 heterocycles. The highest BCUT2D eigenvalue weighted by atomic mass is 35.5. The predicted octanol–water partition coefficient (Wildman–Crippen LogP) is 6.17. The van der Waals surface area contributed by atoms with E-state index in [2.05, 4.69) is 10.1 Å². The number of nitrogens with zero attached hydrogens (tertiary/aromatic N) is 5. The Morgan fingerprint density at radius 1 is 0.750 bits per heavy atom. The maximum absolute atomic E-state index is 14.0. The zero-order valence-electron chi connectivity index (χ0n) is 19.3. The van der Waals surface area contributed by atoms with Gasteiger partial charge in [0.15, 0.2) is 5.52 Å². The van der Waals surface area contributed by atoms with Crippen LogP contribution in [0.2, 0.25) is 5.02 Å². The number of hydrogen-bond donors (Lipinski definition) is 0. The average molecular weight is 490 g/mol. The molecule has 0 atom stereocenters. The molecule has 0 fully saturated rings. The standard InChI is InChI=1S/C29H20ClN5O/c1-34-27-26(25(33-34)20-7-3-2-4-8-20)32-28(35(29(27)36)23-16-14-22(30)15-17-23)21-12-10-19(11-13-21)24-9-5-6-18-31-24/h2-18H,1H3. The number of hydrogen-bond acceptors (Lipinski definition) is 4. The summed E-state index contributed by atoms with van der Waals surface area (Å²) in [6.45, 7) is 0. The number of benzene rings is 3. The second-order valence-electron chi connectivity index (χ2n) is 8.38. The van der Waals surface area contributed by atoms with Crippen molar-refractivity contribution in [1.82, 2.24) is 24.3 Å². The minimum absolute atomic E-state index is 0.205. The van der Waals surface area contributed by atoms with Crippen molar-refractivity contribution in [2.45, 2.75) is 0 Å². The monoisotopic (exact) mass is 489 g/mol. The highest BCUT2D eigenvalue weighted by Crippen LogP contribution is 2.29. The fourth-order valence-electron chi connectivity index (χ4n) is 4.35. The van der Waals surface area contributed by atoms with Gasteiger partial charge in [0.1, 0.15) is 17.0 Å². The quantitative estimate of drug-likeness (QED) is 0.297. The topological polar surface area (TPSA) is 65.6 Å². The summed E-state index contributed by atoms with van der Waals surface area (Å²) in [7, 11) is 1.77. The predicted molar refractivity (Wildman–Crippen MR) is 143 cm³/mol. The molecule has 3 aromatic carbocycles. The van der Waals surface area contributed by atoms with Crippen molar-refractivity contribution >= 4 is 22.6 Å². The van der Waals surface area contributed by atoms with Crippen molar-refractivity contribution in [3.63, 3.8) is 0 Å². The number of aryl methyl sites for hydroxylation is 1. The molecule has 0 spiro atoms. The van der Waals surface area contributed by atoms with Gasteiger partial charge >= 0.3 is 0 Å². The third kappa shape index (κ3) is 3.78. The van der Waals surface area contributed by atoms with Gasteiger partial charge in [-0.15, -0.1) is 0 Å². The minimum Gasteiger partial charge on any atom is -0.266 e. The van der Waals surface area contributed by atoms with Crippen molar-refractivity contribution in [2.75, 3.05) is 0 Å². The molecule has 6 nitrogen and oxygen atoms in total. The van der Waals surface area contributed by atoms with Gasteiger partial charge in [-0.3, -0.25) is 19.0 Å². The van der Waals surface area contributed by atoms with E-state index in [9.17, 15) is 4.79 Å². The van der Waals surface area contributed by atoms with Gasteiger partial charge in [-0.25, -0.2) is 4.98 Å². The SMILES string of the molecule is Cn1nc(-c2ccccc2)c2nc(-c3ccc(-c4ccccn4)cc3)n(-c3ccc(Cl)cc3)c(=O)c21. The van der Waals surface area contributed by atoms with Gasteiger partial charge in [-0.1, -0.05) is 72.3 Å². The van der Waals surface area contributed by atoms with Gasteiger partial charge in [-0.2, -0.15) is 5.10 Å². The van der Waals surface area contributed by atoms with Crippen molar-refractivity contribution in [3.05, 3.63) is 119 Å². The van der Waals surface area contributed by atoms with Crippen LogP contribution >= 0.6 is 11.6 Å². The van der Waals surface area contributed by atoms with Gasteiger partial charge in [0.05, 0.1) is 11.4 Å². The van der Waals surface area contributed by atoms with Gasteiger partial charge < -0.3 is 0 Å². The Kier molecular flexibility index (Phi) is 5.43. The fourth-order valence-corrected chi connectivity index (χ4v) is 4.48. The molecule has 3 aromatic heterocycles. The van der Waals surface area contributed by atoms with Crippen molar-refractivity contribution < 1.29 is 0 Å². The van der Waals surface area contributed by atoms with Gasteiger partial charge in [0.2, 0.25) is 0 Å². The van der Waals surface area contributed by atoms with Crippen LogP contribution in [0.5, 0.6) is 0 Å². The van der Waals surface area contributed by atoms with Crippen LogP contribution in [0.4, 0.5) is 0 Å². The van der Waals surface area contributed by atoms with E-state index >= 15 is 0 Å². The molecule has 6 aromatic rings. The zero-order valence-corrected chi connectivity index (χ0v) is 20.1. The van der Waals surface area contributed by atoms with Gasteiger partial charge in [0.25, 0.3) is 5.56 Å². The first kappa shape index (κ1) is 21.9. The number of halogens is 1. The molecule has 0 aliphatic carbocycles. The van der Waals surface area contributed by atoms with E-state index in [-0.39, 0.29) is 5.56 Å². The van der Waals surface area contributed by atoms with E-state index in [0.29, 0.717) is 33.3 Å². The maximum Gasteiger partial charge on any atom is 0.284 e. The number of rotatable bonds is 4. The fraction of sp³-hybridized carbons (Fsp3) is 0.0345. The molecule has 0 N–H and O–H groups in total. The third-order valence-corrected chi connectivity index (χ3v) is 6.35. The lowest BCUT2D eigenvalue weighted by atomic mass is 10.1. The summed E-state index contributed by atoms with van der Waals surface area (Å²) in [5.41, 5.74) is 5.67. The molecular formula is C29H20ClN5O. The smallest absolute Gasteiger partial charge is 0.266 e. The molecular weight excluding hydrogens is 470 g/mol. The van der Waals surface area contributed by atoms with Crippen LogP contribution in [0.25, 0.3) is 50.6 Å².